The van der Waals surface area contributed by atoms with Crippen LogP contribution in [0.1, 0.15) is 26.3 Å². The minimum atomic E-state index is -0.484. The van der Waals surface area contributed by atoms with Crippen LogP contribution in [-0.2, 0) is 11.3 Å². The fraction of sp³-hybridized carbons (Fsp3) is 0.611. The van der Waals surface area contributed by atoms with E-state index in [9.17, 15) is 4.79 Å². The summed E-state index contributed by atoms with van der Waals surface area (Å²) in [6.07, 6.45) is 1.49. The van der Waals surface area contributed by atoms with Gasteiger partial charge in [-0.3, -0.25) is 0 Å². The Labute approximate surface area is 155 Å². The molecule has 1 aromatic rings. The van der Waals surface area contributed by atoms with E-state index in [0.717, 1.165) is 11.4 Å². The third kappa shape index (κ3) is 5.50. The predicted octanol–water partition coefficient (Wildman–Crippen LogP) is 1.51. The van der Waals surface area contributed by atoms with Crippen LogP contribution < -0.4 is 10.6 Å². The molecule has 1 aliphatic heterocycles. The molecule has 144 valence electrons. The Balaban J connectivity index is 1.91. The van der Waals surface area contributed by atoms with Crippen molar-refractivity contribution in [3.8, 4) is 0 Å². The minimum absolute atomic E-state index is 0.279. The Morgan fingerprint density at radius 1 is 1.27 bits per heavy atom. The number of rotatable bonds is 3. The largest absolute Gasteiger partial charge is 0.444 e. The van der Waals surface area contributed by atoms with Crippen molar-refractivity contribution in [3.63, 3.8) is 0 Å². The molecule has 2 rings (SSSR count). The van der Waals surface area contributed by atoms with E-state index in [0.29, 0.717) is 38.7 Å². The number of nitrogens with two attached hydrogens (primary N) is 1. The van der Waals surface area contributed by atoms with E-state index in [-0.39, 0.29) is 6.09 Å². The monoisotopic (exact) mass is 362 g/mol. The number of amides is 1. The zero-order chi connectivity index (χ0) is 19.3. The Morgan fingerprint density at radius 2 is 1.88 bits per heavy atom. The maximum atomic E-state index is 12.1. The van der Waals surface area contributed by atoms with Crippen LogP contribution in [0.25, 0.3) is 0 Å². The average molecular weight is 362 g/mol. The molecule has 8 nitrogen and oxygen atoms in total. The minimum Gasteiger partial charge on any atom is -0.444 e. The lowest BCUT2D eigenvalue weighted by Gasteiger charge is -2.36. The van der Waals surface area contributed by atoms with Gasteiger partial charge in [0.2, 0.25) is 0 Å². The maximum absolute atomic E-state index is 12.1. The van der Waals surface area contributed by atoms with Crippen molar-refractivity contribution in [1.82, 2.24) is 14.8 Å². The van der Waals surface area contributed by atoms with Crippen molar-refractivity contribution < 1.29 is 9.53 Å². The summed E-state index contributed by atoms with van der Waals surface area (Å²) in [5, 5.41) is 0. The van der Waals surface area contributed by atoms with Gasteiger partial charge in [-0.1, -0.05) is 6.07 Å². The number of carbonyl (C=O) groups is 1. The van der Waals surface area contributed by atoms with Gasteiger partial charge in [0.05, 0.1) is 6.54 Å². The molecule has 1 saturated heterocycles. The molecule has 0 atom stereocenters. The zero-order valence-corrected chi connectivity index (χ0v) is 16.4. The first kappa shape index (κ1) is 19.8. The van der Waals surface area contributed by atoms with Crippen molar-refractivity contribution >= 4 is 17.9 Å². The summed E-state index contributed by atoms with van der Waals surface area (Å²) in [6, 6.07) is 3.90. The molecule has 2 heterocycles. The smallest absolute Gasteiger partial charge is 0.410 e. The van der Waals surface area contributed by atoms with Crippen molar-refractivity contribution in [2.45, 2.75) is 32.9 Å². The van der Waals surface area contributed by atoms with Gasteiger partial charge in [-0.2, -0.15) is 0 Å². The van der Waals surface area contributed by atoms with Crippen molar-refractivity contribution in [1.29, 1.82) is 0 Å². The molecule has 1 aromatic heterocycles. The summed E-state index contributed by atoms with van der Waals surface area (Å²) in [5.74, 6) is 1.38. The molecule has 1 amide bonds. The molecule has 0 aliphatic carbocycles. The van der Waals surface area contributed by atoms with Crippen LogP contribution in [0, 0.1) is 0 Å². The van der Waals surface area contributed by atoms with Crippen LogP contribution in [0.4, 0.5) is 10.6 Å². The van der Waals surface area contributed by atoms with E-state index in [1.807, 2.05) is 56.8 Å². The van der Waals surface area contributed by atoms with Crippen LogP contribution in [0.3, 0.4) is 0 Å². The van der Waals surface area contributed by atoms with Gasteiger partial charge in [-0.15, -0.1) is 0 Å². The Bertz CT molecular complexity index is 645. The van der Waals surface area contributed by atoms with Crippen molar-refractivity contribution in [2.75, 3.05) is 45.2 Å². The van der Waals surface area contributed by atoms with Crippen LogP contribution in [0.15, 0.2) is 23.3 Å². The highest BCUT2D eigenvalue weighted by Crippen LogP contribution is 2.16. The number of anilines is 1. The molecule has 8 heteroatoms. The molecule has 0 radical (unpaired) electrons. The summed E-state index contributed by atoms with van der Waals surface area (Å²) in [7, 11) is 3.91. The standard InChI is InChI=1S/C18H30N6O2/c1-18(2,3)26-17(25)24-11-9-23(10-12-24)16(19)21-13-14-7-6-8-20-15(14)22(4)5/h6-8H,9-13H2,1-5H3,(H2,19,21). The van der Waals surface area contributed by atoms with E-state index in [1.54, 1.807) is 11.1 Å². The molecule has 0 bridgehead atoms. The van der Waals surface area contributed by atoms with Gasteiger partial charge in [0.1, 0.15) is 11.4 Å². The number of pyridine rings is 1. The zero-order valence-electron chi connectivity index (χ0n) is 16.4. The molecular weight excluding hydrogens is 332 g/mol. The lowest BCUT2D eigenvalue weighted by molar-refractivity contribution is 0.0186. The Morgan fingerprint density at radius 3 is 2.46 bits per heavy atom. The number of nitrogens with zero attached hydrogens (tertiary/aromatic N) is 5. The van der Waals surface area contributed by atoms with Crippen LogP contribution in [-0.4, -0.2) is 72.7 Å². The van der Waals surface area contributed by atoms with E-state index in [1.165, 1.54) is 0 Å². The second kappa shape index (κ2) is 8.25. The second-order valence-corrected chi connectivity index (χ2v) is 7.51. The number of aromatic nitrogens is 1. The lowest BCUT2D eigenvalue weighted by Crippen LogP contribution is -2.53. The van der Waals surface area contributed by atoms with Crippen LogP contribution in [0.5, 0.6) is 0 Å². The summed E-state index contributed by atoms with van der Waals surface area (Å²) in [6.45, 7) is 8.50. The SMILES string of the molecule is CN(C)c1ncccc1CN=C(N)N1CCN(C(=O)OC(C)(C)C)CC1. The maximum Gasteiger partial charge on any atom is 0.410 e. The molecule has 0 aromatic carbocycles. The van der Waals surface area contributed by atoms with Gasteiger partial charge in [-0.05, 0) is 26.8 Å². The highest BCUT2D eigenvalue weighted by molar-refractivity contribution is 5.78. The second-order valence-electron chi connectivity index (χ2n) is 7.51. The number of ether oxygens (including phenoxy) is 1. The van der Waals surface area contributed by atoms with Gasteiger partial charge in [0.25, 0.3) is 0 Å². The topological polar surface area (TPSA) is 87.3 Å². The summed E-state index contributed by atoms with van der Waals surface area (Å²) in [5.41, 5.74) is 6.69. The van der Waals surface area contributed by atoms with Gasteiger partial charge in [0.15, 0.2) is 5.96 Å². The van der Waals surface area contributed by atoms with E-state index >= 15 is 0 Å². The molecule has 1 aliphatic rings. The number of carbonyl (C=O) groups excluding carboxylic acids is 1. The average Bonchev–Trinajstić information content (AvgIpc) is 2.58. The predicted molar refractivity (Wildman–Crippen MR) is 103 cm³/mol. The third-order valence-corrected chi connectivity index (χ3v) is 3.96. The van der Waals surface area contributed by atoms with Gasteiger partial charge in [-0.25, -0.2) is 14.8 Å². The van der Waals surface area contributed by atoms with Crippen molar-refractivity contribution in [3.05, 3.63) is 23.9 Å². The Kier molecular flexibility index (Phi) is 6.28. The third-order valence-electron chi connectivity index (χ3n) is 3.96. The molecule has 26 heavy (non-hydrogen) atoms. The summed E-state index contributed by atoms with van der Waals surface area (Å²) >= 11 is 0. The number of guanidine groups is 1. The molecule has 0 saturated carbocycles. The van der Waals surface area contributed by atoms with Gasteiger partial charge in [0, 0.05) is 52.0 Å². The summed E-state index contributed by atoms with van der Waals surface area (Å²) in [4.78, 5) is 26.7. The van der Waals surface area contributed by atoms with E-state index in [2.05, 4.69) is 9.98 Å². The van der Waals surface area contributed by atoms with Crippen molar-refractivity contribution in [2.24, 2.45) is 10.7 Å². The molecule has 1 fully saturated rings. The molecule has 2 N–H and O–H groups in total. The lowest BCUT2D eigenvalue weighted by atomic mass is 10.2. The highest BCUT2D eigenvalue weighted by Gasteiger charge is 2.26. The number of hydrogen-bond donors (Lipinski definition) is 1. The first-order valence-electron chi connectivity index (χ1n) is 8.81. The van der Waals surface area contributed by atoms with E-state index < -0.39 is 5.60 Å². The van der Waals surface area contributed by atoms with Gasteiger partial charge >= 0.3 is 6.09 Å². The first-order chi connectivity index (χ1) is 12.2. The quantitative estimate of drug-likeness (QED) is 0.648. The van der Waals surface area contributed by atoms with Gasteiger partial charge < -0.3 is 25.2 Å². The number of aliphatic imine (C=N–C) groups is 1. The first-order valence-corrected chi connectivity index (χ1v) is 8.81. The Hall–Kier alpha value is -2.51. The fourth-order valence-electron chi connectivity index (χ4n) is 2.67. The number of piperazine rings is 1. The fourth-order valence-corrected chi connectivity index (χ4v) is 2.67. The van der Waals surface area contributed by atoms with Crippen LogP contribution >= 0.6 is 0 Å². The molecule has 0 spiro atoms. The van der Waals surface area contributed by atoms with Crippen LogP contribution in [0.2, 0.25) is 0 Å². The number of hydrogen-bond acceptors (Lipinski definition) is 5. The highest BCUT2D eigenvalue weighted by atomic mass is 16.6. The summed E-state index contributed by atoms with van der Waals surface area (Å²) < 4.78 is 5.41. The van der Waals surface area contributed by atoms with E-state index in [4.69, 9.17) is 10.5 Å². The molecule has 0 unspecified atom stereocenters. The normalized spacial score (nSPS) is 15.8. The molecular formula is C18H30N6O2.